The Balaban J connectivity index is 2.32. The number of hydrogen-bond acceptors (Lipinski definition) is 2. The summed E-state index contributed by atoms with van der Waals surface area (Å²) in [5, 5.41) is 0. The van der Waals surface area contributed by atoms with Crippen LogP contribution < -0.4 is 10.4 Å². The smallest absolute Gasteiger partial charge is 0.179 e. The lowest BCUT2D eigenvalue weighted by Gasteiger charge is -2.35. The third-order valence-electron chi connectivity index (χ3n) is 6.47. The molecule has 26 heavy (non-hydrogen) atoms. The number of aromatic nitrogens is 1. The summed E-state index contributed by atoms with van der Waals surface area (Å²) in [4.78, 5) is 7.27. The highest BCUT2D eigenvalue weighted by molar-refractivity contribution is 6.74. The standard InChI is InChI=1S/C23H39BN2/c1-10-11-12-18-13-19(24-15-22(5,6)23(7,8)16-24)14-25-20(18)26(9)17-21(2,3)4/h10,13-14H,1,11-12,15-17H2,2-9H3. The fourth-order valence-corrected chi connectivity index (χ4v) is 4.41. The summed E-state index contributed by atoms with van der Waals surface area (Å²) in [6, 6.07) is 2.44. The maximum absolute atomic E-state index is 4.95. The molecule has 0 bridgehead atoms. The Morgan fingerprint density at radius 3 is 2.27 bits per heavy atom. The van der Waals surface area contributed by atoms with Gasteiger partial charge in [0.25, 0.3) is 0 Å². The van der Waals surface area contributed by atoms with Gasteiger partial charge >= 0.3 is 0 Å². The average Bonchev–Trinajstić information content (AvgIpc) is 2.71. The third kappa shape index (κ3) is 4.72. The van der Waals surface area contributed by atoms with Crippen LogP contribution in [0.15, 0.2) is 24.9 Å². The first-order valence-corrected chi connectivity index (χ1v) is 10.2. The fourth-order valence-electron chi connectivity index (χ4n) is 4.41. The van der Waals surface area contributed by atoms with Crippen molar-refractivity contribution in [3.8, 4) is 0 Å². The molecular formula is C23H39BN2. The van der Waals surface area contributed by atoms with Crippen molar-refractivity contribution in [3.63, 3.8) is 0 Å². The van der Waals surface area contributed by atoms with Gasteiger partial charge in [0, 0.05) is 19.8 Å². The zero-order chi connectivity index (χ0) is 19.8. The normalized spacial score (nSPS) is 18.8. The number of hydrogen-bond donors (Lipinski definition) is 0. The Morgan fingerprint density at radius 1 is 1.19 bits per heavy atom. The zero-order valence-electron chi connectivity index (χ0n) is 18.4. The minimum atomic E-state index is 0.254. The zero-order valence-corrected chi connectivity index (χ0v) is 18.4. The molecular weight excluding hydrogens is 315 g/mol. The summed E-state index contributed by atoms with van der Waals surface area (Å²) in [6.45, 7) is 22.1. The van der Waals surface area contributed by atoms with Gasteiger partial charge in [-0.1, -0.05) is 78.7 Å². The van der Waals surface area contributed by atoms with Gasteiger partial charge in [0.05, 0.1) is 0 Å². The third-order valence-corrected chi connectivity index (χ3v) is 6.47. The van der Waals surface area contributed by atoms with Gasteiger partial charge in [-0.25, -0.2) is 4.98 Å². The number of rotatable bonds is 6. The van der Waals surface area contributed by atoms with Gasteiger partial charge in [-0.05, 0) is 34.7 Å². The topological polar surface area (TPSA) is 16.1 Å². The molecule has 0 unspecified atom stereocenters. The van der Waals surface area contributed by atoms with Crippen LogP contribution in [0.4, 0.5) is 5.82 Å². The van der Waals surface area contributed by atoms with E-state index in [1.54, 1.807) is 0 Å². The summed E-state index contributed by atoms with van der Waals surface area (Å²) in [5.74, 6) is 1.14. The first-order valence-electron chi connectivity index (χ1n) is 10.2. The van der Waals surface area contributed by atoms with Crippen molar-refractivity contribution in [1.82, 2.24) is 4.98 Å². The Morgan fingerprint density at radius 2 is 1.77 bits per heavy atom. The number of nitrogens with zero attached hydrogens (tertiary/aromatic N) is 2. The van der Waals surface area contributed by atoms with Gasteiger partial charge in [-0.2, -0.15) is 0 Å². The highest BCUT2D eigenvalue weighted by Crippen LogP contribution is 2.52. The molecule has 0 atom stereocenters. The molecule has 0 aliphatic carbocycles. The van der Waals surface area contributed by atoms with Crippen LogP contribution in [0.2, 0.25) is 12.6 Å². The molecule has 1 saturated heterocycles. The highest BCUT2D eigenvalue weighted by atomic mass is 15.2. The monoisotopic (exact) mass is 354 g/mol. The molecule has 2 heterocycles. The molecule has 0 aromatic carbocycles. The van der Waals surface area contributed by atoms with Crippen molar-refractivity contribution in [3.05, 3.63) is 30.5 Å². The summed E-state index contributed by atoms with van der Waals surface area (Å²) in [7, 11) is 2.17. The van der Waals surface area contributed by atoms with Crippen LogP contribution in [-0.2, 0) is 6.42 Å². The molecule has 1 aromatic heterocycles. The van der Waals surface area contributed by atoms with E-state index in [4.69, 9.17) is 4.98 Å². The van der Waals surface area contributed by atoms with E-state index in [1.165, 1.54) is 23.7 Å². The molecule has 1 aliphatic rings. The molecule has 0 saturated carbocycles. The van der Waals surface area contributed by atoms with Crippen molar-refractivity contribution in [2.45, 2.75) is 73.9 Å². The molecule has 2 rings (SSSR count). The first kappa shape index (κ1) is 21.1. The van der Waals surface area contributed by atoms with Crippen LogP contribution in [0.25, 0.3) is 0 Å². The number of pyridine rings is 1. The van der Waals surface area contributed by atoms with Gasteiger partial charge in [-0.3, -0.25) is 0 Å². The Bertz CT molecular complexity index is 624. The molecule has 144 valence electrons. The van der Waals surface area contributed by atoms with Crippen LogP contribution in [-0.4, -0.2) is 25.3 Å². The predicted octanol–water partition coefficient (Wildman–Crippen LogP) is 5.45. The lowest BCUT2D eigenvalue weighted by Crippen LogP contribution is -2.33. The summed E-state index contributed by atoms with van der Waals surface area (Å²) < 4.78 is 0. The minimum absolute atomic E-state index is 0.254. The molecule has 1 aliphatic heterocycles. The second kappa shape index (κ2) is 7.41. The molecule has 1 aromatic rings. The maximum atomic E-state index is 4.95. The second-order valence-corrected chi connectivity index (χ2v) is 10.9. The molecule has 3 heteroatoms. The van der Waals surface area contributed by atoms with E-state index >= 15 is 0 Å². The number of anilines is 1. The van der Waals surface area contributed by atoms with Crippen molar-refractivity contribution >= 4 is 18.0 Å². The van der Waals surface area contributed by atoms with Crippen molar-refractivity contribution in [2.75, 3.05) is 18.5 Å². The van der Waals surface area contributed by atoms with Gasteiger partial charge in [-0.15, -0.1) is 6.58 Å². The van der Waals surface area contributed by atoms with E-state index in [1.807, 2.05) is 6.08 Å². The second-order valence-electron chi connectivity index (χ2n) is 10.9. The highest BCUT2D eigenvalue weighted by Gasteiger charge is 2.48. The fraction of sp³-hybridized carbons (Fsp3) is 0.696. The Kier molecular flexibility index (Phi) is 6.00. The molecule has 2 nitrogen and oxygen atoms in total. The molecule has 1 fully saturated rings. The molecule has 0 spiro atoms. The van der Waals surface area contributed by atoms with Crippen LogP contribution in [0.3, 0.4) is 0 Å². The van der Waals surface area contributed by atoms with Crippen molar-refractivity contribution in [1.29, 1.82) is 0 Å². The lowest BCUT2D eigenvalue weighted by molar-refractivity contribution is 0.177. The molecule has 0 N–H and O–H groups in total. The van der Waals surface area contributed by atoms with Crippen LogP contribution in [0.1, 0.15) is 60.5 Å². The van der Waals surface area contributed by atoms with E-state index in [-0.39, 0.29) is 5.41 Å². The van der Waals surface area contributed by atoms with Gasteiger partial charge in [0.1, 0.15) is 5.82 Å². The summed E-state index contributed by atoms with van der Waals surface area (Å²) in [6.07, 6.45) is 8.69. The quantitative estimate of drug-likeness (QED) is 0.499. The van der Waals surface area contributed by atoms with E-state index < -0.39 is 0 Å². The average molecular weight is 354 g/mol. The van der Waals surface area contributed by atoms with Crippen molar-refractivity contribution < 1.29 is 0 Å². The van der Waals surface area contributed by atoms with Gasteiger partial charge in [0.2, 0.25) is 0 Å². The minimum Gasteiger partial charge on any atom is -0.359 e. The van der Waals surface area contributed by atoms with Crippen molar-refractivity contribution in [2.24, 2.45) is 16.2 Å². The van der Waals surface area contributed by atoms with Crippen LogP contribution in [0.5, 0.6) is 0 Å². The van der Waals surface area contributed by atoms with Gasteiger partial charge in [0.15, 0.2) is 6.71 Å². The maximum Gasteiger partial charge on any atom is 0.179 e. The molecule has 0 amide bonds. The van der Waals surface area contributed by atoms with E-state index in [0.717, 1.165) is 25.2 Å². The summed E-state index contributed by atoms with van der Waals surface area (Å²) >= 11 is 0. The largest absolute Gasteiger partial charge is 0.359 e. The lowest BCUT2D eigenvalue weighted by atomic mass is 9.42. The Labute approximate surface area is 162 Å². The number of allylic oxidation sites excluding steroid dienone is 1. The van der Waals surface area contributed by atoms with E-state index in [2.05, 4.69) is 79.3 Å². The Hall–Kier alpha value is -1.25. The number of aryl methyl sites for hydroxylation is 1. The predicted molar refractivity (Wildman–Crippen MR) is 118 cm³/mol. The van der Waals surface area contributed by atoms with E-state index in [0.29, 0.717) is 17.5 Å². The van der Waals surface area contributed by atoms with Crippen LogP contribution >= 0.6 is 0 Å². The SMILES string of the molecule is C=CCCc1cc(B2CC(C)(C)C(C)(C)C2)cnc1N(C)CC(C)(C)C. The van der Waals surface area contributed by atoms with Gasteiger partial charge < -0.3 is 4.90 Å². The van der Waals surface area contributed by atoms with E-state index in [9.17, 15) is 0 Å². The first-order chi connectivity index (χ1) is 11.9. The molecule has 0 radical (unpaired) electrons. The summed E-state index contributed by atoms with van der Waals surface area (Å²) in [5.41, 5.74) is 3.80. The van der Waals surface area contributed by atoms with Crippen LogP contribution in [0, 0.1) is 16.2 Å².